The smallest absolute Gasteiger partial charge is 0.261 e. The summed E-state index contributed by atoms with van der Waals surface area (Å²) in [5.74, 6) is 0.0788. The highest BCUT2D eigenvalue weighted by molar-refractivity contribution is 9.10. The Kier molecular flexibility index (Phi) is 5.67. The lowest BCUT2D eigenvalue weighted by Gasteiger charge is -2.36. The highest BCUT2D eigenvalue weighted by atomic mass is 79.9. The zero-order chi connectivity index (χ0) is 20.4. The number of halogens is 1. The van der Waals surface area contributed by atoms with Crippen LogP contribution in [0.5, 0.6) is 0 Å². The highest BCUT2D eigenvalue weighted by Gasteiger charge is 2.21. The maximum Gasteiger partial charge on any atom is 0.261 e. The third kappa shape index (κ3) is 4.34. The molecule has 2 aromatic carbocycles. The molecule has 1 amide bonds. The van der Waals surface area contributed by atoms with Crippen LogP contribution in [-0.2, 0) is 11.3 Å². The van der Waals surface area contributed by atoms with Crippen molar-refractivity contribution in [2.75, 3.05) is 31.1 Å². The van der Waals surface area contributed by atoms with E-state index >= 15 is 0 Å². The zero-order valence-electron chi connectivity index (χ0n) is 16.3. The Balaban J connectivity index is 1.37. The van der Waals surface area contributed by atoms with Crippen molar-refractivity contribution in [2.24, 2.45) is 0 Å². The van der Waals surface area contributed by atoms with Crippen molar-refractivity contribution < 1.29 is 4.79 Å². The van der Waals surface area contributed by atoms with Crippen LogP contribution in [0.25, 0.3) is 10.9 Å². The van der Waals surface area contributed by atoms with Crippen LogP contribution in [-0.4, -0.2) is 46.5 Å². The Bertz CT molecular complexity index is 1100. The average Bonchev–Trinajstić information content (AvgIpc) is 2.73. The molecule has 0 spiro atoms. The molecule has 2 heterocycles. The van der Waals surface area contributed by atoms with Crippen LogP contribution in [0.15, 0.2) is 58.1 Å². The Morgan fingerprint density at radius 2 is 1.90 bits per heavy atom. The third-order valence-corrected chi connectivity index (χ3v) is 5.85. The number of anilines is 1. The van der Waals surface area contributed by atoms with Crippen LogP contribution < -0.4 is 10.5 Å². The first kappa shape index (κ1) is 19.6. The molecule has 3 aromatic rings. The molecule has 1 aromatic heterocycles. The van der Waals surface area contributed by atoms with Gasteiger partial charge in [-0.15, -0.1) is 0 Å². The van der Waals surface area contributed by atoms with Gasteiger partial charge in [-0.2, -0.15) is 0 Å². The van der Waals surface area contributed by atoms with Crippen molar-refractivity contribution in [3.8, 4) is 0 Å². The number of piperazine rings is 1. The summed E-state index contributed by atoms with van der Waals surface area (Å²) in [6.07, 6.45) is 1.83. The number of rotatable bonds is 4. The van der Waals surface area contributed by atoms with Crippen molar-refractivity contribution in [3.63, 3.8) is 0 Å². The van der Waals surface area contributed by atoms with Gasteiger partial charge in [-0.25, -0.2) is 4.98 Å². The second-order valence-corrected chi connectivity index (χ2v) is 8.28. The predicted molar refractivity (Wildman–Crippen MR) is 118 cm³/mol. The van der Waals surface area contributed by atoms with Gasteiger partial charge in [0.05, 0.1) is 17.2 Å². The number of carbonyl (C=O) groups excluding carboxylic acids is 1. The van der Waals surface area contributed by atoms with Crippen LogP contribution in [0.1, 0.15) is 12.0 Å². The normalized spacial score (nSPS) is 14.4. The molecule has 1 saturated heterocycles. The van der Waals surface area contributed by atoms with Crippen LogP contribution in [0, 0.1) is 6.92 Å². The summed E-state index contributed by atoms with van der Waals surface area (Å²) in [5.41, 5.74) is 2.99. The van der Waals surface area contributed by atoms with E-state index in [4.69, 9.17) is 0 Å². The van der Waals surface area contributed by atoms with Gasteiger partial charge in [0.25, 0.3) is 5.56 Å². The predicted octanol–water partition coefficient (Wildman–Crippen LogP) is 3.21. The number of hydrogen-bond acceptors (Lipinski definition) is 4. The lowest BCUT2D eigenvalue weighted by atomic mass is 10.2. The number of aromatic nitrogens is 2. The van der Waals surface area contributed by atoms with Crippen LogP contribution >= 0.6 is 15.9 Å². The zero-order valence-corrected chi connectivity index (χ0v) is 17.9. The molecular weight excluding hydrogens is 432 g/mol. The molecule has 4 rings (SSSR count). The molecule has 1 fully saturated rings. The van der Waals surface area contributed by atoms with E-state index in [9.17, 15) is 9.59 Å². The van der Waals surface area contributed by atoms with E-state index in [1.165, 1.54) is 22.1 Å². The van der Waals surface area contributed by atoms with Crippen molar-refractivity contribution in [3.05, 3.63) is 69.2 Å². The summed E-state index contributed by atoms with van der Waals surface area (Å²) in [5, 5.41) is 0.557. The van der Waals surface area contributed by atoms with E-state index in [0.717, 1.165) is 17.6 Å². The fourth-order valence-electron chi connectivity index (χ4n) is 3.70. The molecule has 0 saturated carbocycles. The summed E-state index contributed by atoms with van der Waals surface area (Å²) in [6, 6.07) is 13.9. The molecular formula is C22H23BrN4O2. The van der Waals surface area contributed by atoms with E-state index in [-0.39, 0.29) is 11.5 Å². The Morgan fingerprint density at radius 1 is 1.10 bits per heavy atom. The Morgan fingerprint density at radius 3 is 2.66 bits per heavy atom. The summed E-state index contributed by atoms with van der Waals surface area (Å²) in [6.45, 7) is 5.47. The first-order valence-electron chi connectivity index (χ1n) is 9.75. The number of nitrogens with zero attached hydrogens (tertiary/aromatic N) is 4. The third-order valence-electron chi connectivity index (χ3n) is 5.35. The van der Waals surface area contributed by atoms with Gasteiger partial charge in [-0.3, -0.25) is 14.2 Å². The maximum absolute atomic E-state index is 12.7. The summed E-state index contributed by atoms with van der Waals surface area (Å²) in [7, 11) is 0. The maximum atomic E-state index is 12.7. The molecule has 1 aliphatic heterocycles. The molecule has 0 atom stereocenters. The van der Waals surface area contributed by atoms with E-state index in [2.05, 4.69) is 57.0 Å². The SMILES string of the molecule is Cc1cccc(N2CCN(C(=O)CCn3cnc4ccc(Br)cc4c3=O)CC2)c1. The minimum Gasteiger partial charge on any atom is -0.368 e. The fraction of sp³-hybridized carbons (Fsp3) is 0.318. The summed E-state index contributed by atoms with van der Waals surface area (Å²) < 4.78 is 2.36. The quantitative estimate of drug-likeness (QED) is 0.607. The Hall–Kier alpha value is -2.67. The lowest BCUT2D eigenvalue weighted by Crippen LogP contribution is -2.49. The number of hydrogen-bond donors (Lipinski definition) is 0. The number of fused-ring (bicyclic) bond motifs is 1. The first-order chi connectivity index (χ1) is 14.0. The van der Waals surface area contributed by atoms with Gasteiger partial charge in [-0.05, 0) is 42.8 Å². The van der Waals surface area contributed by atoms with Crippen molar-refractivity contribution in [2.45, 2.75) is 19.9 Å². The summed E-state index contributed by atoms with van der Waals surface area (Å²) in [4.78, 5) is 33.9. The second kappa shape index (κ2) is 8.37. The molecule has 1 aliphatic rings. The van der Waals surface area contributed by atoms with E-state index < -0.39 is 0 Å². The fourth-order valence-corrected chi connectivity index (χ4v) is 4.06. The highest BCUT2D eigenvalue weighted by Crippen LogP contribution is 2.18. The molecule has 6 nitrogen and oxygen atoms in total. The van der Waals surface area contributed by atoms with Crippen molar-refractivity contribution in [1.82, 2.24) is 14.5 Å². The van der Waals surface area contributed by atoms with Crippen molar-refractivity contribution >= 4 is 38.4 Å². The number of amides is 1. The minimum absolute atomic E-state index is 0.0788. The van der Waals surface area contributed by atoms with Gasteiger partial charge in [0.2, 0.25) is 5.91 Å². The van der Waals surface area contributed by atoms with Crippen molar-refractivity contribution in [1.29, 1.82) is 0 Å². The molecule has 29 heavy (non-hydrogen) atoms. The Labute approximate surface area is 177 Å². The number of benzene rings is 2. The van der Waals surface area contributed by atoms with E-state index in [0.29, 0.717) is 37.0 Å². The van der Waals surface area contributed by atoms with Gasteiger partial charge in [0.15, 0.2) is 0 Å². The molecule has 7 heteroatoms. The monoisotopic (exact) mass is 454 g/mol. The van der Waals surface area contributed by atoms with Gasteiger partial charge in [-0.1, -0.05) is 28.1 Å². The molecule has 0 aliphatic carbocycles. The van der Waals surface area contributed by atoms with Crippen LogP contribution in [0.4, 0.5) is 5.69 Å². The molecule has 0 unspecified atom stereocenters. The topological polar surface area (TPSA) is 58.4 Å². The van der Waals surface area contributed by atoms with Crippen LogP contribution in [0.3, 0.4) is 0 Å². The lowest BCUT2D eigenvalue weighted by molar-refractivity contribution is -0.131. The minimum atomic E-state index is -0.117. The van der Waals surface area contributed by atoms with Crippen LogP contribution in [0.2, 0.25) is 0 Å². The van der Waals surface area contributed by atoms with E-state index in [1.54, 1.807) is 6.07 Å². The van der Waals surface area contributed by atoms with Gasteiger partial charge in [0.1, 0.15) is 0 Å². The van der Waals surface area contributed by atoms with E-state index in [1.807, 2.05) is 17.0 Å². The molecule has 150 valence electrons. The number of aryl methyl sites for hydroxylation is 2. The van der Waals surface area contributed by atoms with Gasteiger partial charge in [0, 0.05) is 49.3 Å². The van der Waals surface area contributed by atoms with Gasteiger partial charge < -0.3 is 9.80 Å². The average molecular weight is 455 g/mol. The summed E-state index contributed by atoms with van der Waals surface area (Å²) >= 11 is 3.39. The molecule has 0 bridgehead atoms. The largest absolute Gasteiger partial charge is 0.368 e. The number of carbonyl (C=O) groups is 1. The molecule has 0 radical (unpaired) electrons. The molecule has 0 N–H and O–H groups in total. The first-order valence-corrected chi connectivity index (χ1v) is 10.5. The second-order valence-electron chi connectivity index (χ2n) is 7.36. The van der Waals surface area contributed by atoms with Gasteiger partial charge >= 0.3 is 0 Å². The standard InChI is InChI=1S/C22H23BrN4O2/c1-16-3-2-4-18(13-16)25-9-11-26(12-10-25)21(28)7-8-27-15-24-20-6-5-17(23)14-19(20)22(27)29/h2-6,13-15H,7-12H2,1H3.